The molecule has 0 spiro atoms. The van der Waals surface area contributed by atoms with Gasteiger partial charge in [0.25, 0.3) is 11.8 Å². The van der Waals surface area contributed by atoms with Crippen LogP contribution in [0.1, 0.15) is 78.7 Å². The fourth-order valence-corrected chi connectivity index (χ4v) is 3.04. The van der Waals surface area contributed by atoms with Crippen LogP contribution in [-0.2, 0) is 13.0 Å². The second-order valence-corrected chi connectivity index (χ2v) is 6.55. The quantitative estimate of drug-likeness (QED) is 0.755. The number of nitrogens with zero attached hydrogens (tertiary/aromatic N) is 2. The molecule has 0 aromatic carbocycles. The Labute approximate surface area is 137 Å². The summed E-state index contributed by atoms with van der Waals surface area (Å²) in [5.74, 6) is 0.128. The van der Waals surface area contributed by atoms with E-state index in [1.165, 1.54) is 0 Å². The van der Waals surface area contributed by atoms with Crippen LogP contribution in [0.3, 0.4) is 0 Å². The third-order valence-corrected chi connectivity index (χ3v) is 4.51. The molecule has 1 aromatic heterocycles. The van der Waals surface area contributed by atoms with Crippen LogP contribution in [0.25, 0.3) is 0 Å². The highest BCUT2D eigenvalue weighted by molar-refractivity contribution is 5.97. The zero-order chi connectivity index (χ0) is 16.2. The highest BCUT2D eigenvalue weighted by atomic mass is 16.2. The van der Waals surface area contributed by atoms with E-state index in [9.17, 15) is 9.59 Å². The average molecular weight is 318 g/mol. The first-order valence-corrected chi connectivity index (χ1v) is 8.89. The summed E-state index contributed by atoms with van der Waals surface area (Å²) in [5.41, 5.74) is 1.37. The molecule has 0 radical (unpaired) electrons. The first kappa shape index (κ1) is 16.0. The van der Waals surface area contributed by atoms with Crippen LogP contribution in [0.2, 0.25) is 0 Å². The van der Waals surface area contributed by atoms with Gasteiger partial charge in [0.15, 0.2) is 5.82 Å². The molecule has 23 heavy (non-hydrogen) atoms. The predicted molar refractivity (Wildman–Crippen MR) is 87.5 cm³/mol. The number of hydrogen-bond acceptors (Lipinski definition) is 3. The topological polar surface area (TPSA) is 76.0 Å². The molecule has 2 aliphatic rings. The Morgan fingerprint density at radius 3 is 2.78 bits per heavy atom. The van der Waals surface area contributed by atoms with Crippen molar-refractivity contribution < 1.29 is 9.59 Å². The van der Waals surface area contributed by atoms with E-state index < -0.39 is 0 Å². The lowest BCUT2D eigenvalue weighted by Gasteiger charge is -2.17. The van der Waals surface area contributed by atoms with E-state index in [2.05, 4.69) is 22.5 Å². The zero-order valence-corrected chi connectivity index (χ0v) is 13.9. The average Bonchev–Trinajstić information content (AvgIpc) is 3.28. The number of imidazole rings is 1. The molecule has 1 aliphatic heterocycles. The maximum Gasteiger partial charge on any atom is 0.287 e. The lowest BCUT2D eigenvalue weighted by molar-refractivity contribution is 0.0935. The normalized spacial score (nSPS) is 16.7. The maximum absolute atomic E-state index is 12.4. The van der Waals surface area contributed by atoms with Gasteiger partial charge in [-0.3, -0.25) is 9.59 Å². The second kappa shape index (κ2) is 7.15. The SMILES string of the molecule is CCCCCNC(=O)c1nc(C(=O)NC2CC2)n2c1CCCC2. The number of fused-ring (bicyclic) bond motifs is 1. The van der Waals surface area contributed by atoms with Crippen molar-refractivity contribution in [3.63, 3.8) is 0 Å². The Morgan fingerprint density at radius 1 is 1.22 bits per heavy atom. The molecule has 1 aromatic rings. The monoisotopic (exact) mass is 318 g/mol. The van der Waals surface area contributed by atoms with Crippen molar-refractivity contribution in [3.05, 3.63) is 17.2 Å². The van der Waals surface area contributed by atoms with Gasteiger partial charge in [-0.1, -0.05) is 19.8 Å². The van der Waals surface area contributed by atoms with E-state index in [0.717, 1.165) is 63.6 Å². The molecule has 0 bridgehead atoms. The fraction of sp³-hybridized carbons (Fsp3) is 0.706. The molecule has 0 atom stereocenters. The van der Waals surface area contributed by atoms with Crippen LogP contribution in [-0.4, -0.2) is 34.0 Å². The Bertz CT molecular complexity index is 590. The number of hydrogen-bond donors (Lipinski definition) is 2. The van der Waals surface area contributed by atoms with Gasteiger partial charge in [-0.05, 0) is 38.5 Å². The van der Waals surface area contributed by atoms with Gasteiger partial charge < -0.3 is 15.2 Å². The van der Waals surface area contributed by atoms with E-state index in [4.69, 9.17) is 0 Å². The van der Waals surface area contributed by atoms with Crippen molar-refractivity contribution >= 4 is 11.8 Å². The van der Waals surface area contributed by atoms with Crippen molar-refractivity contribution in [2.24, 2.45) is 0 Å². The van der Waals surface area contributed by atoms with Crippen LogP contribution in [0, 0.1) is 0 Å². The van der Waals surface area contributed by atoms with Crippen molar-refractivity contribution in [3.8, 4) is 0 Å². The van der Waals surface area contributed by atoms with E-state index >= 15 is 0 Å². The largest absolute Gasteiger partial charge is 0.351 e. The number of unbranched alkanes of at least 4 members (excludes halogenated alkanes) is 2. The lowest BCUT2D eigenvalue weighted by atomic mass is 10.1. The first-order valence-electron chi connectivity index (χ1n) is 8.89. The standard InChI is InChI=1S/C17H26N4O2/c1-2-3-5-10-18-16(22)14-13-7-4-6-11-21(13)15(20-14)17(23)19-12-8-9-12/h12H,2-11H2,1H3,(H,18,22)(H,19,23). The Hall–Kier alpha value is -1.85. The Kier molecular flexibility index (Phi) is 4.98. The van der Waals surface area contributed by atoms with Gasteiger partial charge in [-0.25, -0.2) is 4.98 Å². The molecule has 126 valence electrons. The lowest BCUT2D eigenvalue weighted by Crippen LogP contribution is -2.29. The molecule has 2 N–H and O–H groups in total. The van der Waals surface area contributed by atoms with Gasteiger partial charge in [0.2, 0.25) is 0 Å². The molecule has 6 nitrogen and oxygen atoms in total. The smallest absolute Gasteiger partial charge is 0.287 e. The summed E-state index contributed by atoms with van der Waals surface area (Å²) >= 11 is 0. The summed E-state index contributed by atoms with van der Waals surface area (Å²) in [7, 11) is 0. The van der Waals surface area contributed by atoms with Gasteiger partial charge in [0.05, 0.1) is 5.69 Å². The van der Waals surface area contributed by atoms with Crippen molar-refractivity contribution in [1.29, 1.82) is 0 Å². The van der Waals surface area contributed by atoms with E-state index in [1.807, 2.05) is 4.57 Å². The van der Waals surface area contributed by atoms with Crippen molar-refractivity contribution in [2.75, 3.05) is 6.54 Å². The highest BCUT2D eigenvalue weighted by Gasteiger charge is 2.30. The van der Waals surface area contributed by atoms with E-state index in [0.29, 0.717) is 24.1 Å². The summed E-state index contributed by atoms with van der Waals surface area (Å²) < 4.78 is 1.95. The fourth-order valence-electron chi connectivity index (χ4n) is 3.04. The number of nitrogens with one attached hydrogen (secondary N) is 2. The molecule has 2 amide bonds. The number of carbonyl (C=O) groups is 2. The van der Waals surface area contributed by atoms with Crippen LogP contribution >= 0.6 is 0 Å². The van der Waals surface area contributed by atoms with Crippen molar-refractivity contribution in [1.82, 2.24) is 20.2 Å². The van der Waals surface area contributed by atoms with E-state index in [-0.39, 0.29) is 11.8 Å². The van der Waals surface area contributed by atoms with Gasteiger partial charge in [-0.15, -0.1) is 0 Å². The maximum atomic E-state index is 12.4. The van der Waals surface area contributed by atoms with Crippen LogP contribution < -0.4 is 10.6 Å². The minimum atomic E-state index is -0.141. The third-order valence-electron chi connectivity index (χ3n) is 4.51. The summed E-state index contributed by atoms with van der Waals surface area (Å²) in [6.07, 6.45) is 8.21. The molecular formula is C17H26N4O2. The Morgan fingerprint density at radius 2 is 2.04 bits per heavy atom. The van der Waals surface area contributed by atoms with E-state index in [1.54, 1.807) is 0 Å². The molecule has 1 saturated carbocycles. The van der Waals surface area contributed by atoms with Gasteiger partial charge in [0.1, 0.15) is 5.69 Å². The highest BCUT2D eigenvalue weighted by Crippen LogP contribution is 2.23. The molecule has 6 heteroatoms. The number of carbonyl (C=O) groups excluding carboxylic acids is 2. The van der Waals surface area contributed by atoms with Gasteiger partial charge >= 0.3 is 0 Å². The summed E-state index contributed by atoms with van der Waals surface area (Å²) in [6, 6.07) is 0.297. The van der Waals surface area contributed by atoms with Crippen LogP contribution in [0.15, 0.2) is 0 Å². The molecule has 2 heterocycles. The number of amides is 2. The van der Waals surface area contributed by atoms with Crippen molar-refractivity contribution in [2.45, 2.75) is 70.9 Å². The Balaban J connectivity index is 1.75. The van der Waals surface area contributed by atoms with Gasteiger partial charge in [-0.2, -0.15) is 0 Å². The van der Waals surface area contributed by atoms with Gasteiger partial charge in [0, 0.05) is 19.1 Å². The minimum absolute atomic E-state index is 0.138. The number of aromatic nitrogens is 2. The van der Waals surface area contributed by atoms with Crippen LogP contribution in [0.5, 0.6) is 0 Å². The molecule has 0 saturated heterocycles. The molecule has 3 rings (SSSR count). The summed E-state index contributed by atoms with van der Waals surface area (Å²) in [5, 5.41) is 5.92. The third kappa shape index (κ3) is 3.74. The minimum Gasteiger partial charge on any atom is -0.351 e. The summed E-state index contributed by atoms with van der Waals surface area (Å²) in [6.45, 7) is 3.58. The molecule has 1 aliphatic carbocycles. The van der Waals surface area contributed by atoms with Crippen LogP contribution in [0.4, 0.5) is 0 Å². The zero-order valence-electron chi connectivity index (χ0n) is 13.9. The molecular weight excluding hydrogens is 292 g/mol. The number of rotatable bonds is 7. The molecule has 0 unspecified atom stereocenters. The second-order valence-electron chi connectivity index (χ2n) is 6.55. The predicted octanol–water partition coefficient (Wildman–Crippen LogP) is 2.03. The molecule has 1 fully saturated rings. The first-order chi connectivity index (χ1) is 11.2. The summed E-state index contributed by atoms with van der Waals surface area (Å²) in [4.78, 5) is 29.2.